The first kappa shape index (κ1) is 19.5. The lowest BCUT2D eigenvalue weighted by Gasteiger charge is -2.29. The molecular weight excluding hydrogens is 390 g/mol. The van der Waals surface area contributed by atoms with E-state index in [1.807, 2.05) is 0 Å². The summed E-state index contributed by atoms with van der Waals surface area (Å²) in [4.78, 5) is 0. The van der Waals surface area contributed by atoms with Gasteiger partial charge in [-0.1, -0.05) is 58.0 Å². The zero-order valence-electron chi connectivity index (χ0n) is 20.1. The Morgan fingerprint density at radius 2 is 1.69 bits per heavy atom. The maximum atomic E-state index is 6.80. The summed E-state index contributed by atoms with van der Waals surface area (Å²) in [6.07, 6.45) is 2.20. The minimum atomic E-state index is -0.0377. The molecule has 2 heteroatoms. The van der Waals surface area contributed by atoms with Crippen LogP contribution in [0, 0.1) is 13.8 Å². The predicted molar refractivity (Wildman–Crippen MR) is 132 cm³/mol. The lowest BCUT2D eigenvalue weighted by atomic mass is 9.77. The van der Waals surface area contributed by atoms with Gasteiger partial charge in [0.25, 0.3) is 0 Å². The van der Waals surface area contributed by atoms with E-state index in [4.69, 9.17) is 4.74 Å². The van der Waals surface area contributed by atoms with Crippen molar-refractivity contribution in [3.05, 3.63) is 76.5 Å². The highest BCUT2D eigenvalue weighted by Crippen LogP contribution is 2.58. The summed E-state index contributed by atoms with van der Waals surface area (Å²) < 4.78 is 9.08. The lowest BCUT2D eigenvalue weighted by molar-refractivity contribution is -0.659. The number of nitrogens with zero attached hydrogens (tertiary/aromatic N) is 1. The van der Waals surface area contributed by atoms with E-state index < -0.39 is 0 Å². The van der Waals surface area contributed by atoms with E-state index in [9.17, 15) is 0 Å². The highest BCUT2D eigenvalue weighted by molar-refractivity contribution is 6.04. The van der Waals surface area contributed by atoms with Gasteiger partial charge in [0, 0.05) is 17.0 Å². The Kier molecular flexibility index (Phi) is 3.80. The van der Waals surface area contributed by atoms with Crippen molar-refractivity contribution in [3.63, 3.8) is 0 Å². The van der Waals surface area contributed by atoms with Crippen molar-refractivity contribution in [1.82, 2.24) is 0 Å². The SMILES string of the molecule is Cc1c2c(c(C)c3c1-c1ccccc1C3(C)C)-c1c3c(cc(C(C)C)cc3cc[n+]1C)O2. The molecule has 1 aromatic heterocycles. The summed E-state index contributed by atoms with van der Waals surface area (Å²) in [5.41, 5.74) is 11.9. The Hall–Kier alpha value is -3.13. The lowest BCUT2D eigenvalue weighted by Crippen LogP contribution is -2.32. The molecule has 6 rings (SSSR count). The van der Waals surface area contributed by atoms with Gasteiger partial charge < -0.3 is 4.74 Å². The van der Waals surface area contributed by atoms with E-state index in [0.717, 1.165) is 11.5 Å². The number of hydrogen-bond acceptors (Lipinski definition) is 1. The second-order valence-corrected chi connectivity index (χ2v) is 10.4. The van der Waals surface area contributed by atoms with Crippen molar-refractivity contribution in [2.45, 2.75) is 52.9 Å². The molecule has 2 heterocycles. The Morgan fingerprint density at radius 3 is 2.44 bits per heavy atom. The molecule has 0 atom stereocenters. The molecule has 32 heavy (non-hydrogen) atoms. The Morgan fingerprint density at radius 1 is 0.938 bits per heavy atom. The minimum absolute atomic E-state index is 0.0377. The van der Waals surface area contributed by atoms with Crippen LogP contribution in [0.1, 0.15) is 61.4 Å². The van der Waals surface area contributed by atoms with Gasteiger partial charge in [0.15, 0.2) is 6.20 Å². The quantitative estimate of drug-likeness (QED) is 0.256. The fourth-order valence-electron chi connectivity index (χ4n) is 6.19. The van der Waals surface area contributed by atoms with Crippen molar-refractivity contribution in [3.8, 4) is 33.9 Å². The first-order valence-corrected chi connectivity index (χ1v) is 11.6. The third-order valence-electron chi connectivity index (χ3n) is 7.78. The highest BCUT2D eigenvalue weighted by Gasteiger charge is 2.42. The van der Waals surface area contributed by atoms with Crippen LogP contribution >= 0.6 is 0 Å². The van der Waals surface area contributed by atoms with Gasteiger partial charge in [-0.25, -0.2) is 4.57 Å². The number of hydrogen-bond donors (Lipinski definition) is 0. The van der Waals surface area contributed by atoms with E-state index in [-0.39, 0.29) is 5.41 Å². The summed E-state index contributed by atoms with van der Waals surface area (Å²) in [7, 11) is 2.16. The third-order valence-corrected chi connectivity index (χ3v) is 7.78. The zero-order chi connectivity index (χ0) is 22.5. The number of fused-ring (bicyclic) bond motifs is 5. The highest BCUT2D eigenvalue weighted by atomic mass is 16.5. The van der Waals surface area contributed by atoms with E-state index in [1.54, 1.807) is 0 Å². The predicted octanol–water partition coefficient (Wildman–Crippen LogP) is 7.48. The van der Waals surface area contributed by atoms with E-state index in [1.165, 1.54) is 61.0 Å². The van der Waals surface area contributed by atoms with Gasteiger partial charge in [0.2, 0.25) is 5.69 Å². The Balaban J connectivity index is 1.77. The zero-order valence-corrected chi connectivity index (χ0v) is 20.1. The van der Waals surface area contributed by atoms with E-state index in [2.05, 4.69) is 102 Å². The standard InChI is InChI=1S/C30H30NO/c1-16(2)20-14-19-12-13-31(7)28-25-17(3)27-24(18(4)29(25)32-23(15-20)26(19)28)21-10-8-9-11-22(21)30(27,5)6/h8-16H,1-7H3/q+1. The monoisotopic (exact) mass is 420 g/mol. The normalized spacial score (nSPS) is 14.9. The van der Waals surface area contributed by atoms with Gasteiger partial charge in [-0.3, -0.25) is 0 Å². The van der Waals surface area contributed by atoms with Crippen LogP contribution < -0.4 is 9.30 Å². The summed E-state index contributed by atoms with van der Waals surface area (Å²) in [6.45, 7) is 13.8. The molecule has 1 aliphatic carbocycles. The van der Waals surface area contributed by atoms with Gasteiger partial charge in [-0.05, 0) is 64.6 Å². The fourth-order valence-corrected chi connectivity index (χ4v) is 6.19. The average molecular weight is 421 g/mol. The second kappa shape index (κ2) is 6.22. The average Bonchev–Trinajstić information content (AvgIpc) is 3.01. The Bertz CT molecular complexity index is 1470. The molecular formula is C30H30NO+. The van der Waals surface area contributed by atoms with E-state index in [0.29, 0.717) is 5.92 Å². The minimum Gasteiger partial charge on any atom is -0.455 e. The van der Waals surface area contributed by atoms with Crippen LogP contribution in [0.25, 0.3) is 33.2 Å². The molecule has 0 saturated carbocycles. The van der Waals surface area contributed by atoms with Crippen LogP contribution in [-0.4, -0.2) is 0 Å². The van der Waals surface area contributed by atoms with E-state index >= 15 is 0 Å². The molecule has 1 aliphatic heterocycles. The van der Waals surface area contributed by atoms with Crippen molar-refractivity contribution >= 4 is 10.8 Å². The maximum absolute atomic E-state index is 6.80. The summed E-state index contributed by atoms with van der Waals surface area (Å²) in [5, 5.41) is 2.48. The summed E-state index contributed by atoms with van der Waals surface area (Å²) >= 11 is 0. The second-order valence-electron chi connectivity index (χ2n) is 10.4. The number of aryl methyl sites for hydroxylation is 1. The molecule has 4 aromatic rings. The van der Waals surface area contributed by atoms with Gasteiger partial charge in [-0.2, -0.15) is 0 Å². The van der Waals surface area contributed by atoms with Crippen LogP contribution in [0.2, 0.25) is 0 Å². The van der Waals surface area contributed by atoms with Crippen LogP contribution in [0.5, 0.6) is 11.5 Å². The van der Waals surface area contributed by atoms with Gasteiger partial charge in [-0.15, -0.1) is 0 Å². The summed E-state index contributed by atoms with van der Waals surface area (Å²) in [6, 6.07) is 15.7. The number of ether oxygens (including phenoxy) is 1. The van der Waals surface area contributed by atoms with Crippen molar-refractivity contribution in [1.29, 1.82) is 0 Å². The van der Waals surface area contributed by atoms with Crippen LogP contribution in [0.15, 0.2) is 48.7 Å². The molecule has 0 unspecified atom stereocenters. The molecule has 0 spiro atoms. The largest absolute Gasteiger partial charge is 0.455 e. The molecule has 0 saturated heterocycles. The van der Waals surface area contributed by atoms with Crippen LogP contribution in [-0.2, 0) is 12.5 Å². The molecule has 0 radical (unpaired) electrons. The van der Waals surface area contributed by atoms with Crippen LogP contribution in [0.4, 0.5) is 0 Å². The maximum Gasteiger partial charge on any atom is 0.228 e. The molecule has 3 aromatic carbocycles. The summed E-state index contributed by atoms with van der Waals surface area (Å²) in [5.74, 6) is 2.46. The van der Waals surface area contributed by atoms with Crippen molar-refractivity contribution < 1.29 is 9.30 Å². The number of benzene rings is 3. The van der Waals surface area contributed by atoms with Crippen LogP contribution in [0.3, 0.4) is 0 Å². The van der Waals surface area contributed by atoms with Gasteiger partial charge >= 0.3 is 0 Å². The van der Waals surface area contributed by atoms with Gasteiger partial charge in [0.1, 0.15) is 18.5 Å². The fraction of sp³-hybridized carbons (Fsp3) is 0.300. The van der Waals surface area contributed by atoms with Crippen molar-refractivity contribution in [2.24, 2.45) is 7.05 Å². The smallest absolute Gasteiger partial charge is 0.228 e. The number of aromatic nitrogens is 1. The molecule has 2 nitrogen and oxygen atoms in total. The molecule has 160 valence electrons. The third kappa shape index (κ3) is 2.28. The number of pyridine rings is 1. The Labute approximate surface area is 190 Å². The first-order valence-electron chi connectivity index (χ1n) is 11.6. The van der Waals surface area contributed by atoms with Crippen molar-refractivity contribution in [2.75, 3.05) is 0 Å². The molecule has 2 aliphatic rings. The molecule has 0 fully saturated rings. The number of rotatable bonds is 1. The van der Waals surface area contributed by atoms with Gasteiger partial charge in [0.05, 0.1) is 10.9 Å². The topological polar surface area (TPSA) is 13.1 Å². The molecule has 0 N–H and O–H groups in total. The molecule has 0 bridgehead atoms. The first-order chi connectivity index (χ1) is 15.2. The molecule has 0 amide bonds.